The highest BCUT2D eigenvalue weighted by Crippen LogP contribution is 2.15. The van der Waals surface area contributed by atoms with Gasteiger partial charge in [-0.05, 0) is 141 Å². The van der Waals surface area contributed by atoms with Crippen molar-refractivity contribution >= 4 is 17.9 Å². The van der Waals surface area contributed by atoms with E-state index < -0.39 is 6.10 Å². The molecule has 0 rings (SSSR count). The first kappa shape index (κ1) is 75.5. The van der Waals surface area contributed by atoms with Crippen LogP contribution in [0.3, 0.4) is 0 Å². The predicted molar refractivity (Wildman–Crippen MR) is 348 cm³/mol. The number of carbonyl (C=O) groups excluding carboxylic acids is 3. The Morgan fingerprint density at radius 1 is 0.263 bits per heavy atom. The molecule has 0 saturated carbocycles. The summed E-state index contributed by atoms with van der Waals surface area (Å²) in [5.74, 6) is -0.914. The van der Waals surface area contributed by atoms with Crippen LogP contribution in [-0.4, -0.2) is 37.2 Å². The number of esters is 3. The zero-order valence-corrected chi connectivity index (χ0v) is 52.0. The van der Waals surface area contributed by atoms with Crippen LogP contribution in [0.2, 0.25) is 0 Å². The standard InChI is InChI=1S/C74H122O6/c1-4-7-10-13-16-19-22-25-27-28-29-30-31-32-33-34-35-36-37-38-39-40-41-42-43-44-45-46-48-49-52-55-58-61-64-67-73(76)79-70-71(69-78-72(75)66-63-60-57-54-51-24-21-18-15-12-9-6-3)80-74(77)68-65-62-59-56-53-50-47-26-23-20-17-14-11-8-5-2/h7,10,16-21,25-27,29-30,32-33,35-36,38-39,41-42,47,71H,4-6,8-9,11-15,22-24,28,31,34,37,40,43-46,48-70H2,1-3H3/b10-7-,19-16-,20-17-,21-18-,27-25-,30-29-,33-32-,36-35-,39-38-,42-41-,47-26-. The molecule has 80 heavy (non-hydrogen) atoms. The van der Waals surface area contributed by atoms with E-state index in [-0.39, 0.29) is 31.1 Å². The summed E-state index contributed by atoms with van der Waals surface area (Å²) in [5.41, 5.74) is 0. The van der Waals surface area contributed by atoms with E-state index in [2.05, 4.69) is 154 Å². The second kappa shape index (κ2) is 67.1. The van der Waals surface area contributed by atoms with Gasteiger partial charge in [-0.25, -0.2) is 0 Å². The highest BCUT2D eigenvalue weighted by Gasteiger charge is 2.19. The smallest absolute Gasteiger partial charge is 0.306 e. The van der Waals surface area contributed by atoms with Crippen LogP contribution >= 0.6 is 0 Å². The fourth-order valence-corrected chi connectivity index (χ4v) is 8.89. The summed E-state index contributed by atoms with van der Waals surface area (Å²) in [4.78, 5) is 38.2. The SMILES string of the molecule is CC/C=C\C/C=C\C/C=C\C/C=C\C/C=C\C/C=C\C/C=C\C/C=C\CCCCCCCCCCCCC(=O)OCC(COC(=O)CCCCCCC/C=C\CCCCC)OC(=O)CCCCCCC/C=C\C/C=C\CCCCC. The van der Waals surface area contributed by atoms with Crippen molar-refractivity contribution in [2.24, 2.45) is 0 Å². The van der Waals surface area contributed by atoms with Gasteiger partial charge in [0.2, 0.25) is 0 Å². The molecule has 0 aromatic heterocycles. The Kier molecular flexibility index (Phi) is 63.3. The van der Waals surface area contributed by atoms with Gasteiger partial charge in [0, 0.05) is 19.3 Å². The van der Waals surface area contributed by atoms with Crippen molar-refractivity contribution in [2.45, 2.75) is 303 Å². The summed E-state index contributed by atoms with van der Waals surface area (Å²) in [6, 6.07) is 0. The first-order valence-electron chi connectivity index (χ1n) is 33.2. The number of carbonyl (C=O) groups is 3. The monoisotopic (exact) mass is 1110 g/mol. The number of allylic oxidation sites excluding steroid dienone is 22. The van der Waals surface area contributed by atoms with Crippen molar-refractivity contribution in [3.8, 4) is 0 Å². The number of ether oxygens (including phenoxy) is 3. The molecule has 0 bridgehead atoms. The van der Waals surface area contributed by atoms with E-state index in [9.17, 15) is 14.4 Å². The van der Waals surface area contributed by atoms with Crippen molar-refractivity contribution in [3.63, 3.8) is 0 Å². The molecule has 0 spiro atoms. The Morgan fingerprint density at radius 2 is 0.487 bits per heavy atom. The van der Waals surface area contributed by atoms with Crippen LogP contribution in [0.4, 0.5) is 0 Å². The number of hydrogen-bond acceptors (Lipinski definition) is 6. The minimum Gasteiger partial charge on any atom is -0.462 e. The minimum absolute atomic E-state index is 0.0903. The molecule has 0 N–H and O–H groups in total. The molecule has 0 amide bonds. The highest BCUT2D eigenvalue weighted by atomic mass is 16.6. The quantitative estimate of drug-likeness (QED) is 0.0261. The van der Waals surface area contributed by atoms with E-state index in [0.29, 0.717) is 19.3 Å². The molecule has 0 fully saturated rings. The minimum atomic E-state index is -0.794. The van der Waals surface area contributed by atoms with Crippen LogP contribution in [0.15, 0.2) is 134 Å². The van der Waals surface area contributed by atoms with E-state index in [1.807, 2.05) is 0 Å². The number of unbranched alkanes of at least 4 members (excludes halogenated alkanes) is 26. The van der Waals surface area contributed by atoms with Crippen LogP contribution in [0, 0.1) is 0 Å². The van der Waals surface area contributed by atoms with Gasteiger partial charge < -0.3 is 14.2 Å². The van der Waals surface area contributed by atoms with Gasteiger partial charge in [-0.3, -0.25) is 14.4 Å². The third-order valence-electron chi connectivity index (χ3n) is 13.9. The molecule has 1 atom stereocenters. The molecule has 0 aliphatic carbocycles. The molecule has 0 aromatic carbocycles. The summed E-state index contributed by atoms with van der Waals surface area (Å²) in [5, 5.41) is 0. The Hall–Kier alpha value is -4.45. The molecule has 6 nitrogen and oxygen atoms in total. The van der Waals surface area contributed by atoms with Crippen molar-refractivity contribution in [3.05, 3.63) is 134 Å². The van der Waals surface area contributed by atoms with Gasteiger partial charge in [-0.2, -0.15) is 0 Å². The fourth-order valence-electron chi connectivity index (χ4n) is 8.89. The third kappa shape index (κ3) is 64.4. The first-order chi connectivity index (χ1) is 39.5. The van der Waals surface area contributed by atoms with Gasteiger partial charge >= 0.3 is 17.9 Å². The second-order valence-corrected chi connectivity index (χ2v) is 21.6. The van der Waals surface area contributed by atoms with Crippen LogP contribution in [0.25, 0.3) is 0 Å². The van der Waals surface area contributed by atoms with Crippen molar-refractivity contribution in [1.82, 2.24) is 0 Å². The predicted octanol–water partition coefficient (Wildman–Crippen LogP) is 22.9. The van der Waals surface area contributed by atoms with Gasteiger partial charge in [0.05, 0.1) is 0 Å². The van der Waals surface area contributed by atoms with Crippen LogP contribution in [0.5, 0.6) is 0 Å². The van der Waals surface area contributed by atoms with E-state index in [4.69, 9.17) is 14.2 Å². The first-order valence-corrected chi connectivity index (χ1v) is 33.2. The van der Waals surface area contributed by atoms with Crippen molar-refractivity contribution in [2.75, 3.05) is 13.2 Å². The molecule has 0 radical (unpaired) electrons. The van der Waals surface area contributed by atoms with Crippen LogP contribution in [0.1, 0.15) is 297 Å². The fraction of sp³-hybridized carbons (Fsp3) is 0.662. The van der Waals surface area contributed by atoms with Crippen LogP contribution < -0.4 is 0 Å². The lowest BCUT2D eigenvalue weighted by atomic mass is 10.1. The van der Waals surface area contributed by atoms with Gasteiger partial charge in [-0.1, -0.05) is 270 Å². The summed E-state index contributed by atoms with van der Waals surface area (Å²) in [6.07, 6.45) is 94.7. The molecule has 0 aromatic rings. The van der Waals surface area contributed by atoms with Gasteiger partial charge in [0.25, 0.3) is 0 Å². The maximum absolute atomic E-state index is 12.9. The molecule has 6 heteroatoms. The summed E-state index contributed by atoms with van der Waals surface area (Å²) < 4.78 is 16.9. The molecular formula is C74H122O6. The molecule has 454 valence electrons. The largest absolute Gasteiger partial charge is 0.462 e. The lowest BCUT2D eigenvalue weighted by Crippen LogP contribution is -2.30. The summed E-state index contributed by atoms with van der Waals surface area (Å²) >= 11 is 0. The molecule has 0 aliphatic rings. The molecule has 0 saturated heterocycles. The topological polar surface area (TPSA) is 78.9 Å². The lowest BCUT2D eigenvalue weighted by Gasteiger charge is -2.18. The molecule has 0 heterocycles. The maximum atomic E-state index is 12.9. The maximum Gasteiger partial charge on any atom is 0.306 e. The summed E-state index contributed by atoms with van der Waals surface area (Å²) in [6.45, 7) is 6.46. The zero-order valence-electron chi connectivity index (χ0n) is 52.0. The second-order valence-electron chi connectivity index (χ2n) is 21.6. The number of hydrogen-bond donors (Lipinski definition) is 0. The van der Waals surface area contributed by atoms with E-state index in [1.165, 1.54) is 109 Å². The molecule has 1 unspecified atom stereocenters. The third-order valence-corrected chi connectivity index (χ3v) is 13.9. The Bertz CT molecular complexity index is 1700. The zero-order chi connectivity index (χ0) is 57.8. The van der Waals surface area contributed by atoms with Crippen molar-refractivity contribution < 1.29 is 28.6 Å². The normalized spacial score (nSPS) is 13.0. The Morgan fingerprint density at radius 3 is 0.775 bits per heavy atom. The van der Waals surface area contributed by atoms with E-state index in [1.54, 1.807) is 0 Å². The van der Waals surface area contributed by atoms with Gasteiger partial charge in [-0.15, -0.1) is 0 Å². The van der Waals surface area contributed by atoms with Crippen LogP contribution in [-0.2, 0) is 28.6 Å². The number of rotatable bonds is 59. The average Bonchev–Trinajstić information content (AvgIpc) is 3.46. The lowest BCUT2D eigenvalue weighted by molar-refractivity contribution is -0.167. The Balaban J connectivity index is 4.22. The molecular weight excluding hydrogens is 985 g/mol. The average molecular weight is 1110 g/mol. The van der Waals surface area contributed by atoms with Crippen molar-refractivity contribution in [1.29, 1.82) is 0 Å². The van der Waals surface area contributed by atoms with Gasteiger partial charge in [0.15, 0.2) is 6.10 Å². The Labute approximate surface area is 494 Å². The van der Waals surface area contributed by atoms with E-state index in [0.717, 1.165) is 148 Å². The van der Waals surface area contributed by atoms with Gasteiger partial charge in [0.1, 0.15) is 13.2 Å². The highest BCUT2D eigenvalue weighted by molar-refractivity contribution is 5.71. The summed E-state index contributed by atoms with van der Waals surface area (Å²) in [7, 11) is 0. The molecule has 0 aliphatic heterocycles. The van der Waals surface area contributed by atoms with E-state index >= 15 is 0 Å².